The third-order valence-electron chi connectivity index (χ3n) is 5.50. The number of carbonyl (C=O) groups excluding carboxylic acids is 1. The van der Waals surface area contributed by atoms with Gasteiger partial charge in [-0.15, -0.1) is 0 Å². The molecule has 0 spiro atoms. The highest BCUT2D eigenvalue weighted by Crippen LogP contribution is 2.28. The quantitative estimate of drug-likeness (QED) is 0.479. The van der Waals surface area contributed by atoms with Gasteiger partial charge in [-0.05, 0) is 49.1 Å². The topological polar surface area (TPSA) is 58.2 Å². The summed E-state index contributed by atoms with van der Waals surface area (Å²) in [6.07, 6.45) is 9.30. The van der Waals surface area contributed by atoms with E-state index in [0.717, 1.165) is 47.4 Å². The zero-order chi connectivity index (χ0) is 20.6. The second-order valence-corrected chi connectivity index (χ2v) is 7.50. The van der Waals surface area contributed by atoms with Gasteiger partial charge in [0.2, 0.25) is 5.91 Å². The largest absolute Gasteiger partial charge is 0.457 e. The van der Waals surface area contributed by atoms with Crippen LogP contribution in [0.4, 0.5) is 0 Å². The molecule has 3 aromatic rings. The van der Waals surface area contributed by atoms with Crippen LogP contribution < -0.4 is 4.74 Å². The molecule has 1 aromatic carbocycles. The van der Waals surface area contributed by atoms with Crippen molar-refractivity contribution in [3.63, 3.8) is 0 Å². The SMILES string of the molecule is CCCCC(CC)N(C)C(=O)CCc1ccc(Oc2ccnc3[nH]ccc23)cc1. The molecule has 154 valence electrons. The van der Waals surface area contributed by atoms with Crippen molar-refractivity contribution in [3.05, 3.63) is 54.4 Å². The lowest BCUT2D eigenvalue weighted by molar-refractivity contribution is -0.132. The van der Waals surface area contributed by atoms with Crippen LogP contribution in [0, 0.1) is 0 Å². The van der Waals surface area contributed by atoms with E-state index in [1.54, 1.807) is 6.20 Å². The van der Waals surface area contributed by atoms with Crippen LogP contribution in [0.15, 0.2) is 48.8 Å². The van der Waals surface area contributed by atoms with Gasteiger partial charge in [-0.2, -0.15) is 0 Å². The molecule has 5 heteroatoms. The Hall–Kier alpha value is -2.82. The summed E-state index contributed by atoms with van der Waals surface area (Å²) in [6.45, 7) is 4.35. The van der Waals surface area contributed by atoms with Gasteiger partial charge < -0.3 is 14.6 Å². The van der Waals surface area contributed by atoms with Crippen LogP contribution in [0.5, 0.6) is 11.5 Å². The van der Waals surface area contributed by atoms with Crippen molar-refractivity contribution in [2.24, 2.45) is 0 Å². The normalized spacial score (nSPS) is 12.1. The second kappa shape index (κ2) is 10.1. The predicted octanol–water partition coefficient (Wildman–Crippen LogP) is 5.72. The fourth-order valence-corrected chi connectivity index (χ4v) is 3.62. The molecule has 2 aromatic heterocycles. The molecule has 0 saturated heterocycles. The van der Waals surface area contributed by atoms with E-state index in [4.69, 9.17) is 4.74 Å². The molecule has 1 unspecified atom stereocenters. The molecule has 1 amide bonds. The average molecular weight is 394 g/mol. The van der Waals surface area contributed by atoms with Crippen LogP contribution in [-0.2, 0) is 11.2 Å². The average Bonchev–Trinajstić information content (AvgIpc) is 3.23. The van der Waals surface area contributed by atoms with Crippen LogP contribution in [0.25, 0.3) is 11.0 Å². The maximum atomic E-state index is 12.6. The molecule has 0 aliphatic heterocycles. The van der Waals surface area contributed by atoms with Crippen molar-refractivity contribution in [1.82, 2.24) is 14.9 Å². The summed E-state index contributed by atoms with van der Waals surface area (Å²) in [5, 5.41) is 0.957. The van der Waals surface area contributed by atoms with E-state index in [1.165, 1.54) is 12.8 Å². The van der Waals surface area contributed by atoms with Crippen LogP contribution in [0.3, 0.4) is 0 Å². The number of benzene rings is 1. The number of fused-ring (bicyclic) bond motifs is 1. The van der Waals surface area contributed by atoms with Crippen LogP contribution in [-0.4, -0.2) is 33.9 Å². The summed E-state index contributed by atoms with van der Waals surface area (Å²) in [5.41, 5.74) is 1.95. The number of hydrogen-bond donors (Lipinski definition) is 1. The number of carbonyl (C=O) groups is 1. The van der Waals surface area contributed by atoms with E-state index < -0.39 is 0 Å². The number of ether oxygens (including phenoxy) is 1. The first-order valence-electron chi connectivity index (χ1n) is 10.6. The highest BCUT2D eigenvalue weighted by atomic mass is 16.5. The standard InChI is InChI=1S/C24H31N3O2/c1-4-6-7-19(5-2)27(3)23(28)13-10-18-8-11-20(12-9-18)29-22-15-17-26-24-21(22)14-16-25-24/h8-9,11-12,14-17,19H,4-7,10,13H2,1-3H3,(H,25,26). The number of amides is 1. The summed E-state index contributed by atoms with van der Waals surface area (Å²) in [6, 6.07) is 12.2. The summed E-state index contributed by atoms with van der Waals surface area (Å²) >= 11 is 0. The number of aromatic nitrogens is 2. The van der Waals surface area contributed by atoms with Gasteiger partial charge in [0.25, 0.3) is 0 Å². The monoisotopic (exact) mass is 393 g/mol. The molecule has 0 fully saturated rings. The Morgan fingerprint density at radius 1 is 1.17 bits per heavy atom. The Kier molecular flexibility index (Phi) is 7.28. The molecule has 29 heavy (non-hydrogen) atoms. The first kappa shape index (κ1) is 20.9. The Morgan fingerprint density at radius 2 is 1.97 bits per heavy atom. The maximum Gasteiger partial charge on any atom is 0.222 e. The molecule has 0 bridgehead atoms. The van der Waals surface area contributed by atoms with E-state index in [1.807, 2.05) is 54.5 Å². The molecular weight excluding hydrogens is 362 g/mol. The van der Waals surface area contributed by atoms with Gasteiger partial charge in [0.15, 0.2) is 0 Å². The van der Waals surface area contributed by atoms with Gasteiger partial charge in [-0.3, -0.25) is 4.79 Å². The number of nitrogens with zero attached hydrogens (tertiary/aromatic N) is 2. The molecule has 0 aliphatic carbocycles. The zero-order valence-electron chi connectivity index (χ0n) is 17.6. The molecule has 2 heterocycles. The number of aromatic amines is 1. The zero-order valence-corrected chi connectivity index (χ0v) is 17.6. The minimum Gasteiger partial charge on any atom is -0.457 e. The lowest BCUT2D eigenvalue weighted by Gasteiger charge is -2.27. The molecule has 0 aliphatic rings. The summed E-state index contributed by atoms with van der Waals surface area (Å²) in [4.78, 5) is 21.9. The molecule has 0 radical (unpaired) electrons. The third-order valence-corrected chi connectivity index (χ3v) is 5.50. The molecule has 1 N–H and O–H groups in total. The number of H-pyrrole nitrogens is 1. The number of nitrogens with one attached hydrogen (secondary N) is 1. The summed E-state index contributed by atoms with van der Waals surface area (Å²) in [7, 11) is 1.94. The van der Waals surface area contributed by atoms with Gasteiger partial charge in [-0.25, -0.2) is 4.98 Å². The second-order valence-electron chi connectivity index (χ2n) is 7.50. The molecule has 0 saturated carbocycles. The fraction of sp³-hybridized carbons (Fsp3) is 0.417. The van der Waals surface area contributed by atoms with E-state index in [2.05, 4.69) is 23.8 Å². The van der Waals surface area contributed by atoms with Crippen LogP contribution >= 0.6 is 0 Å². The number of pyridine rings is 1. The van der Waals surface area contributed by atoms with Gasteiger partial charge >= 0.3 is 0 Å². The van der Waals surface area contributed by atoms with Crippen molar-refractivity contribution >= 4 is 16.9 Å². The van der Waals surface area contributed by atoms with Crippen molar-refractivity contribution in [2.75, 3.05) is 7.05 Å². The molecule has 1 atom stereocenters. The molecule has 3 rings (SSSR count). The number of unbranched alkanes of at least 4 members (excludes halogenated alkanes) is 1. The summed E-state index contributed by atoms with van der Waals surface area (Å²) < 4.78 is 6.02. The van der Waals surface area contributed by atoms with E-state index in [0.29, 0.717) is 12.5 Å². The molecular formula is C24H31N3O2. The van der Waals surface area contributed by atoms with E-state index in [-0.39, 0.29) is 5.91 Å². The smallest absolute Gasteiger partial charge is 0.222 e. The van der Waals surface area contributed by atoms with Crippen molar-refractivity contribution in [1.29, 1.82) is 0 Å². The fourth-order valence-electron chi connectivity index (χ4n) is 3.62. The van der Waals surface area contributed by atoms with Crippen molar-refractivity contribution in [3.8, 4) is 11.5 Å². The first-order valence-corrected chi connectivity index (χ1v) is 10.6. The van der Waals surface area contributed by atoms with E-state index >= 15 is 0 Å². The molecule has 5 nitrogen and oxygen atoms in total. The summed E-state index contributed by atoms with van der Waals surface area (Å²) in [5.74, 6) is 1.77. The minimum atomic E-state index is 0.222. The van der Waals surface area contributed by atoms with E-state index in [9.17, 15) is 4.79 Å². The highest BCUT2D eigenvalue weighted by molar-refractivity contribution is 5.82. The Bertz CT molecular complexity index is 917. The van der Waals surface area contributed by atoms with Crippen LogP contribution in [0.1, 0.15) is 51.5 Å². The lowest BCUT2D eigenvalue weighted by Crippen LogP contribution is -2.36. The lowest BCUT2D eigenvalue weighted by atomic mass is 10.0. The first-order chi connectivity index (χ1) is 14.1. The Balaban J connectivity index is 1.55. The van der Waals surface area contributed by atoms with Crippen LogP contribution in [0.2, 0.25) is 0 Å². The van der Waals surface area contributed by atoms with Gasteiger partial charge in [0, 0.05) is 31.9 Å². The minimum absolute atomic E-state index is 0.222. The highest BCUT2D eigenvalue weighted by Gasteiger charge is 2.17. The van der Waals surface area contributed by atoms with Crippen molar-refractivity contribution < 1.29 is 9.53 Å². The van der Waals surface area contributed by atoms with Gasteiger partial charge in [0.1, 0.15) is 17.1 Å². The van der Waals surface area contributed by atoms with Gasteiger partial charge in [-0.1, -0.05) is 38.8 Å². The predicted molar refractivity (Wildman–Crippen MR) is 117 cm³/mol. The Labute approximate surface area is 173 Å². The number of hydrogen-bond acceptors (Lipinski definition) is 3. The number of rotatable bonds is 10. The third kappa shape index (κ3) is 5.37. The Morgan fingerprint density at radius 3 is 2.69 bits per heavy atom. The number of aryl methyl sites for hydroxylation is 1. The van der Waals surface area contributed by atoms with Gasteiger partial charge in [0.05, 0.1) is 5.39 Å². The maximum absolute atomic E-state index is 12.6. The van der Waals surface area contributed by atoms with Crippen molar-refractivity contribution in [2.45, 2.75) is 58.4 Å².